The number of methoxy groups -OCH3 is 1. The van der Waals surface area contributed by atoms with Crippen LogP contribution in [-0.4, -0.2) is 38.0 Å². The largest absolute Gasteiger partial charge is 0.493 e. The lowest BCUT2D eigenvalue weighted by atomic mass is 10.2. The molecular formula is C24H23N3O5. The fraction of sp³-hybridized carbons (Fsp3) is 0.125. The number of hydrogen-bond donors (Lipinski definition) is 3. The molecule has 8 nitrogen and oxygen atoms in total. The van der Waals surface area contributed by atoms with Gasteiger partial charge in [0.2, 0.25) is 5.91 Å². The first-order valence-corrected chi connectivity index (χ1v) is 9.84. The van der Waals surface area contributed by atoms with Gasteiger partial charge >= 0.3 is 0 Å². The minimum atomic E-state index is -0.391. The smallest absolute Gasteiger partial charge is 0.262 e. The second-order valence-corrected chi connectivity index (χ2v) is 6.67. The van der Waals surface area contributed by atoms with Crippen LogP contribution in [-0.2, 0) is 9.59 Å². The Bertz CT molecular complexity index is 1090. The maximum Gasteiger partial charge on any atom is 0.262 e. The molecule has 32 heavy (non-hydrogen) atoms. The molecule has 164 valence electrons. The van der Waals surface area contributed by atoms with Crippen molar-refractivity contribution < 1.29 is 23.9 Å². The molecule has 0 fully saturated rings. The van der Waals surface area contributed by atoms with Crippen LogP contribution < -0.4 is 25.4 Å². The SMILES string of the molecule is COc1ccccc1OCC(=O)Nc1cccc(NC(=O)CNC(=O)c2ccccc2)c1. The van der Waals surface area contributed by atoms with E-state index in [9.17, 15) is 14.4 Å². The monoisotopic (exact) mass is 433 g/mol. The molecule has 0 bridgehead atoms. The summed E-state index contributed by atoms with van der Waals surface area (Å²) in [6.45, 7) is -0.389. The van der Waals surface area contributed by atoms with Crippen molar-refractivity contribution in [2.45, 2.75) is 0 Å². The summed E-state index contributed by atoms with van der Waals surface area (Å²) < 4.78 is 10.7. The summed E-state index contributed by atoms with van der Waals surface area (Å²) in [6, 6.07) is 22.3. The van der Waals surface area contributed by atoms with Gasteiger partial charge in [-0.25, -0.2) is 0 Å². The quantitative estimate of drug-likeness (QED) is 0.481. The van der Waals surface area contributed by atoms with Crippen LogP contribution in [0.15, 0.2) is 78.9 Å². The molecule has 0 radical (unpaired) electrons. The number of carbonyl (C=O) groups excluding carboxylic acids is 3. The highest BCUT2D eigenvalue weighted by atomic mass is 16.5. The van der Waals surface area contributed by atoms with Gasteiger partial charge in [0.15, 0.2) is 18.1 Å². The van der Waals surface area contributed by atoms with E-state index in [4.69, 9.17) is 9.47 Å². The molecule has 8 heteroatoms. The molecule has 0 aliphatic carbocycles. The maximum absolute atomic E-state index is 12.2. The van der Waals surface area contributed by atoms with Gasteiger partial charge in [-0.15, -0.1) is 0 Å². The predicted molar refractivity (Wildman–Crippen MR) is 121 cm³/mol. The Kier molecular flexibility index (Phi) is 7.80. The Balaban J connectivity index is 1.48. The van der Waals surface area contributed by atoms with E-state index in [-0.39, 0.29) is 25.0 Å². The summed E-state index contributed by atoms with van der Waals surface area (Å²) in [5.74, 6) is -0.100. The number of para-hydroxylation sites is 2. The summed E-state index contributed by atoms with van der Waals surface area (Å²) in [6.07, 6.45) is 0. The standard InChI is InChI=1S/C24H23N3O5/c1-31-20-12-5-6-13-21(20)32-16-23(29)27-19-11-7-10-18(14-19)26-22(28)15-25-24(30)17-8-3-2-4-9-17/h2-14H,15-16H2,1H3,(H,25,30)(H,26,28)(H,27,29). The first kappa shape index (κ1) is 22.4. The van der Waals surface area contributed by atoms with Crippen molar-refractivity contribution in [3.63, 3.8) is 0 Å². The topological polar surface area (TPSA) is 106 Å². The van der Waals surface area contributed by atoms with Gasteiger partial charge < -0.3 is 25.4 Å². The van der Waals surface area contributed by atoms with E-state index in [0.29, 0.717) is 28.4 Å². The second kappa shape index (κ2) is 11.2. The van der Waals surface area contributed by atoms with Gasteiger partial charge in [0.25, 0.3) is 11.8 Å². The van der Waals surface area contributed by atoms with Crippen molar-refractivity contribution in [1.82, 2.24) is 5.32 Å². The van der Waals surface area contributed by atoms with Gasteiger partial charge in [-0.3, -0.25) is 14.4 Å². The third-order valence-corrected chi connectivity index (χ3v) is 4.30. The van der Waals surface area contributed by atoms with Gasteiger partial charge in [-0.05, 0) is 42.5 Å². The van der Waals surface area contributed by atoms with Gasteiger partial charge in [-0.2, -0.15) is 0 Å². The van der Waals surface area contributed by atoms with E-state index in [1.165, 1.54) is 7.11 Å². The number of anilines is 2. The number of amides is 3. The highest BCUT2D eigenvalue weighted by Crippen LogP contribution is 2.25. The molecular weight excluding hydrogens is 410 g/mol. The van der Waals surface area contributed by atoms with Crippen LogP contribution in [0.2, 0.25) is 0 Å². The Labute approximate surface area is 185 Å². The lowest BCUT2D eigenvalue weighted by Gasteiger charge is -2.11. The lowest BCUT2D eigenvalue weighted by Crippen LogP contribution is -2.32. The molecule has 3 amide bonds. The van der Waals surface area contributed by atoms with Crippen molar-refractivity contribution in [2.24, 2.45) is 0 Å². The average Bonchev–Trinajstić information content (AvgIpc) is 2.82. The molecule has 0 aliphatic rings. The van der Waals surface area contributed by atoms with E-state index < -0.39 is 5.91 Å². The van der Waals surface area contributed by atoms with Crippen LogP contribution in [0.3, 0.4) is 0 Å². The van der Waals surface area contributed by atoms with Gasteiger partial charge in [0.05, 0.1) is 13.7 Å². The van der Waals surface area contributed by atoms with Crippen molar-refractivity contribution >= 4 is 29.1 Å². The summed E-state index contributed by atoms with van der Waals surface area (Å²) in [5, 5.41) is 7.95. The van der Waals surface area contributed by atoms with Crippen molar-refractivity contribution in [1.29, 1.82) is 0 Å². The molecule has 0 unspecified atom stereocenters. The fourth-order valence-electron chi connectivity index (χ4n) is 2.81. The van der Waals surface area contributed by atoms with Crippen LogP contribution >= 0.6 is 0 Å². The Morgan fingerprint density at radius 2 is 1.38 bits per heavy atom. The number of rotatable bonds is 9. The molecule has 0 atom stereocenters. The Morgan fingerprint density at radius 1 is 0.750 bits per heavy atom. The number of carbonyl (C=O) groups is 3. The van der Waals surface area contributed by atoms with E-state index in [1.807, 2.05) is 0 Å². The molecule has 3 rings (SSSR count). The molecule has 0 aromatic heterocycles. The predicted octanol–water partition coefficient (Wildman–Crippen LogP) is 3.08. The Morgan fingerprint density at radius 3 is 2.06 bits per heavy atom. The van der Waals surface area contributed by atoms with Crippen molar-refractivity contribution in [3.05, 3.63) is 84.4 Å². The highest BCUT2D eigenvalue weighted by molar-refractivity contribution is 5.99. The summed E-state index contributed by atoms with van der Waals surface area (Å²) >= 11 is 0. The van der Waals surface area contributed by atoms with Crippen LogP contribution in [0.1, 0.15) is 10.4 Å². The Hall–Kier alpha value is -4.33. The first-order valence-electron chi connectivity index (χ1n) is 9.84. The zero-order valence-corrected chi connectivity index (χ0v) is 17.5. The number of nitrogens with one attached hydrogen (secondary N) is 3. The van der Waals surface area contributed by atoms with Gasteiger partial charge in [0, 0.05) is 16.9 Å². The third-order valence-electron chi connectivity index (χ3n) is 4.30. The van der Waals surface area contributed by atoms with E-state index in [2.05, 4.69) is 16.0 Å². The third kappa shape index (κ3) is 6.60. The molecule has 3 aromatic carbocycles. The number of hydrogen-bond acceptors (Lipinski definition) is 5. The molecule has 3 N–H and O–H groups in total. The summed E-state index contributed by atoms with van der Waals surface area (Å²) in [5.41, 5.74) is 1.44. The van der Waals surface area contributed by atoms with Crippen LogP contribution in [0.4, 0.5) is 11.4 Å². The van der Waals surface area contributed by atoms with E-state index >= 15 is 0 Å². The van der Waals surface area contributed by atoms with Gasteiger partial charge in [0.1, 0.15) is 0 Å². The lowest BCUT2D eigenvalue weighted by molar-refractivity contribution is -0.118. The zero-order valence-electron chi connectivity index (χ0n) is 17.5. The maximum atomic E-state index is 12.2. The molecule has 0 spiro atoms. The van der Waals surface area contributed by atoms with Crippen molar-refractivity contribution in [3.8, 4) is 11.5 Å². The minimum absolute atomic E-state index is 0.183. The van der Waals surface area contributed by atoms with Crippen LogP contribution in [0.5, 0.6) is 11.5 Å². The minimum Gasteiger partial charge on any atom is -0.493 e. The van der Waals surface area contributed by atoms with E-state index in [1.54, 1.807) is 78.9 Å². The molecule has 0 saturated heterocycles. The highest BCUT2D eigenvalue weighted by Gasteiger charge is 2.10. The van der Waals surface area contributed by atoms with E-state index in [0.717, 1.165) is 0 Å². The van der Waals surface area contributed by atoms with Crippen LogP contribution in [0, 0.1) is 0 Å². The zero-order chi connectivity index (χ0) is 22.8. The number of ether oxygens (including phenoxy) is 2. The fourth-order valence-corrected chi connectivity index (χ4v) is 2.81. The molecule has 0 aliphatic heterocycles. The van der Waals surface area contributed by atoms with Crippen LogP contribution in [0.25, 0.3) is 0 Å². The molecule has 0 heterocycles. The molecule has 3 aromatic rings. The summed E-state index contributed by atoms with van der Waals surface area (Å²) in [7, 11) is 1.52. The summed E-state index contributed by atoms with van der Waals surface area (Å²) in [4.78, 5) is 36.4. The average molecular weight is 433 g/mol. The van der Waals surface area contributed by atoms with Gasteiger partial charge in [-0.1, -0.05) is 36.4 Å². The second-order valence-electron chi connectivity index (χ2n) is 6.67. The first-order chi connectivity index (χ1) is 15.5. The number of benzene rings is 3. The molecule has 0 saturated carbocycles. The normalized spacial score (nSPS) is 10.0. The van der Waals surface area contributed by atoms with Crippen molar-refractivity contribution in [2.75, 3.05) is 30.9 Å².